The lowest BCUT2D eigenvalue weighted by Crippen LogP contribution is -2.57. The molecule has 3 amide bonds. The number of carbonyl (C=O) groups excluding carboxylic acids is 4. The maximum atomic E-state index is 13.4. The number of benzene rings is 1. The summed E-state index contributed by atoms with van der Waals surface area (Å²) in [6, 6.07) is 7.17. The first kappa shape index (κ1) is 29.4. The molecule has 2 N–H and O–H groups in total. The minimum Gasteiger partial charge on any atom is -0.460 e. The van der Waals surface area contributed by atoms with Crippen molar-refractivity contribution in [2.75, 3.05) is 13.2 Å². The second kappa shape index (κ2) is 13.6. The van der Waals surface area contributed by atoms with Gasteiger partial charge in [-0.25, -0.2) is 4.79 Å². The number of carbonyl (C=O) groups is 4. The molecule has 0 unspecified atom stereocenters. The number of hydrogen-bond donors (Lipinski definition) is 2. The third-order valence-corrected chi connectivity index (χ3v) is 7.15. The number of rotatable bonds is 13. The van der Waals surface area contributed by atoms with Crippen LogP contribution in [0.5, 0.6) is 0 Å². The van der Waals surface area contributed by atoms with Crippen LogP contribution < -0.4 is 10.6 Å². The van der Waals surface area contributed by atoms with Crippen LogP contribution in [0.3, 0.4) is 0 Å². The summed E-state index contributed by atoms with van der Waals surface area (Å²) < 4.78 is 10.9. The van der Waals surface area contributed by atoms with E-state index in [0.717, 1.165) is 5.56 Å². The van der Waals surface area contributed by atoms with Crippen LogP contribution in [0.1, 0.15) is 65.0 Å². The van der Waals surface area contributed by atoms with Gasteiger partial charge in [0.2, 0.25) is 11.8 Å². The Morgan fingerprint density at radius 2 is 1.87 bits per heavy atom. The Labute approximate surface area is 225 Å². The van der Waals surface area contributed by atoms with E-state index in [0.29, 0.717) is 32.2 Å². The number of hydrogen-bond acceptors (Lipinski definition) is 6. The molecule has 0 aliphatic carbocycles. The van der Waals surface area contributed by atoms with Crippen molar-refractivity contribution in [3.63, 3.8) is 0 Å². The van der Waals surface area contributed by atoms with E-state index in [9.17, 15) is 19.2 Å². The van der Waals surface area contributed by atoms with Gasteiger partial charge in [-0.1, -0.05) is 77.1 Å². The van der Waals surface area contributed by atoms with Crippen molar-refractivity contribution in [2.45, 2.75) is 83.7 Å². The molecule has 38 heavy (non-hydrogen) atoms. The summed E-state index contributed by atoms with van der Waals surface area (Å²) in [6.07, 6.45) is 2.82. The number of nitrogens with one attached hydrogen (secondary N) is 2. The number of amides is 3. The van der Waals surface area contributed by atoms with Gasteiger partial charge in [-0.05, 0) is 36.7 Å². The molecular weight excluding hydrogens is 486 g/mol. The number of nitrogens with zero attached hydrogens (tertiary/aromatic N) is 1. The second-order valence-corrected chi connectivity index (χ2v) is 10.6. The Kier molecular flexibility index (Phi) is 10.5. The first-order valence-corrected chi connectivity index (χ1v) is 13.6. The zero-order valence-electron chi connectivity index (χ0n) is 22.9. The fourth-order valence-electron chi connectivity index (χ4n) is 4.79. The second-order valence-electron chi connectivity index (χ2n) is 10.6. The molecule has 2 aliphatic heterocycles. The van der Waals surface area contributed by atoms with Crippen molar-refractivity contribution in [1.82, 2.24) is 15.5 Å². The van der Waals surface area contributed by atoms with Crippen LogP contribution in [0, 0.1) is 11.8 Å². The molecule has 208 valence electrons. The van der Waals surface area contributed by atoms with E-state index < -0.39 is 36.1 Å². The zero-order chi connectivity index (χ0) is 27.8. The third kappa shape index (κ3) is 7.43. The van der Waals surface area contributed by atoms with Crippen molar-refractivity contribution in [2.24, 2.45) is 11.8 Å². The van der Waals surface area contributed by atoms with Crippen LogP contribution in [-0.2, 0) is 28.7 Å². The number of epoxide rings is 1. The molecule has 9 nitrogen and oxygen atoms in total. The Balaban J connectivity index is 1.66. The maximum absolute atomic E-state index is 13.4. The number of esters is 1. The summed E-state index contributed by atoms with van der Waals surface area (Å²) in [4.78, 5) is 54.1. The highest BCUT2D eigenvalue weighted by Crippen LogP contribution is 2.40. The molecule has 1 aromatic carbocycles. The Morgan fingerprint density at radius 3 is 2.50 bits per heavy atom. The summed E-state index contributed by atoms with van der Waals surface area (Å²) in [5.41, 5.74) is 0.933. The first-order chi connectivity index (χ1) is 18.2. The highest BCUT2D eigenvalue weighted by molar-refractivity contribution is 5.95. The summed E-state index contributed by atoms with van der Waals surface area (Å²) in [5, 5.41) is 5.67. The van der Waals surface area contributed by atoms with E-state index in [4.69, 9.17) is 9.47 Å². The molecule has 3 rings (SSSR count). The fraction of sp³-hybridized carbons (Fsp3) is 0.586. The highest BCUT2D eigenvalue weighted by atomic mass is 16.6. The summed E-state index contributed by atoms with van der Waals surface area (Å²) >= 11 is 0. The van der Waals surface area contributed by atoms with Gasteiger partial charge in [0.1, 0.15) is 30.8 Å². The molecule has 2 aliphatic rings. The first-order valence-electron chi connectivity index (χ1n) is 13.6. The lowest BCUT2D eigenvalue weighted by Gasteiger charge is -2.29. The van der Waals surface area contributed by atoms with E-state index >= 15 is 0 Å². The van der Waals surface area contributed by atoms with Crippen LogP contribution in [0.2, 0.25) is 0 Å². The Hall–Kier alpha value is -3.20. The topological polar surface area (TPSA) is 117 Å². The van der Waals surface area contributed by atoms with Crippen molar-refractivity contribution in [1.29, 1.82) is 0 Å². The number of ether oxygens (including phenoxy) is 2. The van der Waals surface area contributed by atoms with Crippen molar-refractivity contribution in [3.05, 3.63) is 48.6 Å². The standard InChI is InChI=1S/C29H41N3O6/c1-6-16-37-29(36)23(19(5)7-2)31-26(33)21(17-18(3)4)30-27(34)22-14-11-15-32(22)28(35)25-24(38-25)20-12-9-8-10-13-20/h6,8-10,12-13,18-19,21-25H,1,7,11,14-17H2,2-5H3,(H,30,34)(H,31,33)/t19-,21-,22-,23-,24+,25+/m0/s1. The van der Waals surface area contributed by atoms with Gasteiger partial charge in [0.05, 0.1) is 0 Å². The fourth-order valence-corrected chi connectivity index (χ4v) is 4.79. The summed E-state index contributed by atoms with van der Waals surface area (Å²) in [7, 11) is 0. The molecule has 0 spiro atoms. The van der Waals surface area contributed by atoms with Gasteiger partial charge in [0.15, 0.2) is 6.10 Å². The lowest BCUT2D eigenvalue weighted by atomic mass is 9.97. The van der Waals surface area contributed by atoms with E-state index in [1.165, 1.54) is 6.08 Å². The SMILES string of the molecule is C=CCOC(=O)[C@@H](NC(=O)[C@H](CC(C)C)NC(=O)[C@@H]1CCCN1C(=O)[C@@H]1O[C@@H]1c1ccccc1)[C@@H](C)CC. The largest absolute Gasteiger partial charge is 0.460 e. The third-order valence-electron chi connectivity index (χ3n) is 7.15. The van der Waals surface area contributed by atoms with Gasteiger partial charge in [-0.15, -0.1) is 0 Å². The van der Waals surface area contributed by atoms with Crippen LogP contribution >= 0.6 is 0 Å². The van der Waals surface area contributed by atoms with E-state index in [1.807, 2.05) is 58.0 Å². The lowest BCUT2D eigenvalue weighted by molar-refractivity contribution is -0.148. The monoisotopic (exact) mass is 527 g/mol. The molecule has 0 bridgehead atoms. The average Bonchev–Trinajstić information content (AvgIpc) is 3.56. The van der Waals surface area contributed by atoms with Gasteiger partial charge >= 0.3 is 5.97 Å². The predicted molar refractivity (Wildman–Crippen MR) is 143 cm³/mol. The predicted octanol–water partition coefficient (Wildman–Crippen LogP) is 2.91. The average molecular weight is 528 g/mol. The molecule has 0 saturated carbocycles. The van der Waals surface area contributed by atoms with Gasteiger partial charge < -0.3 is 25.0 Å². The van der Waals surface area contributed by atoms with E-state index in [1.54, 1.807) is 4.90 Å². The highest BCUT2D eigenvalue weighted by Gasteiger charge is 2.50. The van der Waals surface area contributed by atoms with Crippen LogP contribution in [0.4, 0.5) is 0 Å². The minimum absolute atomic E-state index is 0.0508. The summed E-state index contributed by atoms with van der Waals surface area (Å²) in [5.74, 6) is -1.61. The molecule has 1 aromatic rings. The normalized spacial score (nSPS) is 22.8. The van der Waals surface area contributed by atoms with Crippen molar-refractivity contribution in [3.8, 4) is 0 Å². The van der Waals surface area contributed by atoms with E-state index in [-0.39, 0.29) is 36.4 Å². The molecule has 2 fully saturated rings. The van der Waals surface area contributed by atoms with Gasteiger partial charge in [-0.3, -0.25) is 14.4 Å². The Bertz CT molecular complexity index is 997. The van der Waals surface area contributed by atoms with Crippen molar-refractivity contribution >= 4 is 23.7 Å². The minimum atomic E-state index is -0.854. The van der Waals surface area contributed by atoms with Crippen LogP contribution in [0.15, 0.2) is 43.0 Å². The molecule has 9 heteroatoms. The van der Waals surface area contributed by atoms with Crippen LogP contribution in [0.25, 0.3) is 0 Å². The van der Waals surface area contributed by atoms with E-state index in [2.05, 4.69) is 17.2 Å². The van der Waals surface area contributed by atoms with Gasteiger partial charge in [0.25, 0.3) is 5.91 Å². The molecule has 0 radical (unpaired) electrons. The molecule has 6 atom stereocenters. The van der Waals surface area contributed by atoms with Gasteiger partial charge in [0, 0.05) is 6.54 Å². The summed E-state index contributed by atoms with van der Waals surface area (Å²) in [6.45, 7) is 11.8. The zero-order valence-corrected chi connectivity index (χ0v) is 22.9. The quantitative estimate of drug-likeness (QED) is 0.231. The molecule has 2 heterocycles. The maximum Gasteiger partial charge on any atom is 0.329 e. The number of likely N-dealkylation sites (tertiary alicyclic amines) is 1. The smallest absolute Gasteiger partial charge is 0.329 e. The van der Waals surface area contributed by atoms with Crippen LogP contribution in [-0.4, -0.2) is 66.0 Å². The molecular formula is C29H41N3O6. The Morgan fingerprint density at radius 1 is 1.16 bits per heavy atom. The molecule has 2 saturated heterocycles. The van der Waals surface area contributed by atoms with Crippen molar-refractivity contribution < 1.29 is 28.7 Å². The van der Waals surface area contributed by atoms with Gasteiger partial charge in [-0.2, -0.15) is 0 Å². The molecule has 0 aromatic heterocycles.